The zero-order valence-electron chi connectivity index (χ0n) is 16.2. The summed E-state index contributed by atoms with van der Waals surface area (Å²) in [4.78, 5) is 32.0. The second-order valence-corrected chi connectivity index (χ2v) is 7.15. The van der Waals surface area contributed by atoms with Gasteiger partial charge in [0.15, 0.2) is 0 Å². The van der Waals surface area contributed by atoms with Gasteiger partial charge in [0.1, 0.15) is 17.0 Å². The molecule has 0 amide bonds. The highest BCUT2D eigenvalue weighted by atomic mass is 16.5. The maximum absolute atomic E-state index is 12.5. The van der Waals surface area contributed by atoms with E-state index in [0.29, 0.717) is 16.9 Å². The molecule has 3 N–H and O–H groups in total. The zero-order valence-corrected chi connectivity index (χ0v) is 16.2. The second kappa shape index (κ2) is 8.05. The fraction of sp³-hybridized carbons (Fsp3) is 0.318. The molecule has 150 valence electrons. The van der Waals surface area contributed by atoms with Crippen LogP contribution < -0.4 is 10.9 Å². The number of phenolic OH excluding ortho intramolecular Hbond substituents is 1. The summed E-state index contributed by atoms with van der Waals surface area (Å²) in [5.74, 6) is -0.314. The van der Waals surface area contributed by atoms with Gasteiger partial charge in [-0.2, -0.15) is 0 Å². The van der Waals surface area contributed by atoms with E-state index in [4.69, 9.17) is 4.74 Å². The molecule has 3 heterocycles. The molecular formula is C22H23N3O4. The van der Waals surface area contributed by atoms with Crippen molar-refractivity contribution < 1.29 is 14.6 Å². The van der Waals surface area contributed by atoms with Crippen molar-refractivity contribution in [1.29, 1.82) is 0 Å². The first-order chi connectivity index (χ1) is 14.1. The van der Waals surface area contributed by atoms with Crippen LogP contribution in [0.15, 0.2) is 41.2 Å². The Hall–Kier alpha value is -3.19. The second-order valence-electron chi connectivity index (χ2n) is 7.15. The Kier molecular flexibility index (Phi) is 5.31. The zero-order chi connectivity index (χ0) is 20.4. The Bertz CT molecular complexity index is 1120. The Morgan fingerprint density at radius 1 is 1.31 bits per heavy atom. The van der Waals surface area contributed by atoms with Crippen LogP contribution >= 0.6 is 0 Å². The van der Waals surface area contributed by atoms with E-state index < -0.39 is 11.5 Å². The summed E-state index contributed by atoms with van der Waals surface area (Å²) in [6.07, 6.45) is 2.02. The minimum atomic E-state index is -0.645. The number of nitrogens with zero attached hydrogens (tertiary/aromatic N) is 1. The van der Waals surface area contributed by atoms with Gasteiger partial charge in [-0.1, -0.05) is 12.1 Å². The maximum atomic E-state index is 12.5. The molecule has 7 heteroatoms. The summed E-state index contributed by atoms with van der Waals surface area (Å²) < 4.78 is 5.03. The van der Waals surface area contributed by atoms with E-state index in [2.05, 4.69) is 15.3 Å². The van der Waals surface area contributed by atoms with Gasteiger partial charge in [0, 0.05) is 17.5 Å². The van der Waals surface area contributed by atoms with Gasteiger partial charge in [0.2, 0.25) is 0 Å². The van der Waals surface area contributed by atoms with Gasteiger partial charge < -0.3 is 20.1 Å². The fourth-order valence-electron chi connectivity index (χ4n) is 3.85. The van der Waals surface area contributed by atoms with Gasteiger partial charge in [-0.3, -0.25) is 4.79 Å². The molecule has 0 radical (unpaired) electrons. The number of fused-ring (bicyclic) bond motifs is 1. The molecule has 2 aromatic heterocycles. The number of aromatic hydroxyl groups is 1. The predicted octanol–water partition coefficient (Wildman–Crippen LogP) is 2.94. The summed E-state index contributed by atoms with van der Waals surface area (Å²) in [7, 11) is 0. The number of para-hydroxylation sites is 1. The quantitative estimate of drug-likeness (QED) is 0.589. The van der Waals surface area contributed by atoms with Crippen molar-refractivity contribution in [3.8, 4) is 17.0 Å². The molecule has 29 heavy (non-hydrogen) atoms. The Balaban J connectivity index is 1.95. The van der Waals surface area contributed by atoms with Crippen LogP contribution in [0, 0.1) is 0 Å². The van der Waals surface area contributed by atoms with Crippen LogP contribution in [0.4, 0.5) is 0 Å². The molecule has 1 aliphatic rings. The number of rotatable bonds is 4. The fourth-order valence-corrected chi connectivity index (χ4v) is 3.85. The first-order valence-corrected chi connectivity index (χ1v) is 9.82. The summed E-state index contributed by atoms with van der Waals surface area (Å²) >= 11 is 0. The lowest BCUT2D eigenvalue weighted by Crippen LogP contribution is -2.29. The molecule has 4 rings (SSSR count). The van der Waals surface area contributed by atoms with Crippen LogP contribution in [0.3, 0.4) is 0 Å². The number of aromatic nitrogens is 2. The molecule has 0 spiro atoms. The topological polar surface area (TPSA) is 104 Å². The van der Waals surface area contributed by atoms with E-state index >= 15 is 0 Å². The van der Waals surface area contributed by atoms with E-state index in [1.807, 2.05) is 12.1 Å². The third-order valence-electron chi connectivity index (χ3n) is 5.27. The molecule has 1 aromatic carbocycles. The van der Waals surface area contributed by atoms with Gasteiger partial charge in [0.25, 0.3) is 5.56 Å². The first kappa shape index (κ1) is 19.1. The number of carbonyl (C=O) groups excluding carboxylic acids is 1. The summed E-state index contributed by atoms with van der Waals surface area (Å²) in [5, 5.41) is 14.4. The lowest BCUT2D eigenvalue weighted by molar-refractivity contribution is 0.0524. The highest BCUT2D eigenvalue weighted by molar-refractivity contribution is 5.94. The van der Waals surface area contributed by atoms with Crippen molar-refractivity contribution in [2.75, 3.05) is 19.7 Å². The molecule has 1 atom stereocenters. The van der Waals surface area contributed by atoms with Crippen molar-refractivity contribution in [1.82, 2.24) is 15.3 Å². The molecular weight excluding hydrogens is 370 g/mol. The highest BCUT2D eigenvalue weighted by Gasteiger charge is 2.22. The normalized spacial score (nSPS) is 16.7. The number of ether oxygens (including phenoxy) is 1. The van der Waals surface area contributed by atoms with Gasteiger partial charge in [-0.05, 0) is 62.1 Å². The van der Waals surface area contributed by atoms with Crippen molar-refractivity contribution >= 4 is 17.0 Å². The monoisotopic (exact) mass is 393 g/mol. The van der Waals surface area contributed by atoms with Crippen molar-refractivity contribution in [2.45, 2.75) is 25.7 Å². The smallest absolute Gasteiger partial charge is 0.343 e. The van der Waals surface area contributed by atoms with E-state index in [1.165, 1.54) is 0 Å². The van der Waals surface area contributed by atoms with Gasteiger partial charge >= 0.3 is 5.97 Å². The molecule has 0 saturated carbocycles. The summed E-state index contributed by atoms with van der Waals surface area (Å²) in [6.45, 7) is 3.66. The van der Waals surface area contributed by atoms with Crippen LogP contribution in [-0.4, -0.2) is 40.7 Å². The van der Waals surface area contributed by atoms with Crippen molar-refractivity contribution in [3.05, 3.63) is 57.9 Å². The molecule has 1 aliphatic heterocycles. The standard InChI is InChI=1S/C22H23N3O4/c1-2-29-22(28)17-10-16-15(13-6-5-9-23-12-13)11-18(24-20(16)25-21(17)27)14-7-3-4-8-19(14)26/h3-4,7-8,10-11,13,23,26H,2,5-6,9,12H2,1H3,(H,24,25,27). The molecule has 0 bridgehead atoms. The SMILES string of the molecule is CCOC(=O)c1cc2c(C3CCCNC3)cc(-c3ccccc3O)nc2[nH]c1=O. The van der Waals surface area contributed by atoms with Gasteiger partial charge in [-0.15, -0.1) is 0 Å². The number of carbonyl (C=O) groups is 1. The summed E-state index contributed by atoms with van der Waals surface area (Å²) in [5.41, 5.74) is 1.99. The van der Waals surface area contributed by atoms with E-state index in [-0.39, 0.29) is 23.8 Å². The number of H-pyrrole nitrogens is 1. The Morgan fingerprint density at radius 3 is 2.86 bits per heavy atom. The first-order valence-electron chi connectivity index (χ1n) is 9.82. The summed E-state index contributed by atoms with van der Waals surface area (Å²) in [6, 6.07) is 10.5. The van der Waals surface area contributed by atoms with Crippen LogP contribution in [0.2, 0.25) is 0 Å². The number of pyridine rings is 2. The van der Waals surface area contributed by atoms with Crippen LogP contribution in [0.25, 0.3) is 22.3 Å². The lowest BCUT2D eigenvalue weighted by atomic mass is 9.88. The number of aromatic amines is 1. The number of piperidine rings is 1. The van der Waals surface area contributed by atoms with E-state index in [0.717, 1.165) is 36.9 Å². The van der Waals surface area contributed by atoms with E-state index in [1.54, 1.807) is 31.2 Å². The number of phenols is 1. The minimum absolute atomic E-state index is 0.0264. The number of hydrogen-bond donors (Lipinski definition) is 3. The van der Waals surface area contributed by atoms with Crippen LogP contribution in [0.5, 0.6) is 5.75 Å². The van der Waals surface area contributed by atoms with Crippen molar-refractivity contribution in [3.63, 3.8) is 0 Å². The van der Waals surface area contributed by atoms with Crippen molar-refractivity contribution in [2.24, 2.45) is 0 Å². The average molecular weight is 393 g/mol. The third kappa shape index (κ3) is 3.73. The highest BCUT2D eigenvalue weighted by Crippen LogP contribution is 2.34. The molecule has 0 aliphatic carbocycles. The van der Waals surface area contributed by atoms with Crippen LogP contribution in [-0.2, 0) is 4.74 Å². The largest absolute Gasteiger partial charge is 0.507 e. The maximum Gasteiger partial charge on any atom is 0.343 e. The lowest BCUT2D eigenvalue weighted by Gasteiger charge is -2.25. The molecule has 3 aromatic rings. The van der Waals surface area contributed by atoms with Gasteiger partial charge in [0.05, 0.1) is 12.3 Å². The minimum Gasteiger partial charge on any atom is -0.507 e. The van der Waals surface area contributed by atoms with Gasteiger partial charge in [-0.25, -0.2) is 9.78 Å². The predicted molar refractivity (Wildman–Crippen MR) is 110 cm³/mol. The van der Waals surface area contributed by atoms with E-state index in [9.17, 15) is 14.7 Å². The molecule has 1 unspecified atom stereocenters. The third-order valence-corrected chi connectivity index (χ3v) is 5.27. The molecule has 1 fully saturated rings. The van der Waals surface area contributed by atoms with Crippen LogP contribution in [0.1, 0.15) is 41.6 Å². The number of esters is 1. The average Bonchev–Trinajstić information content (AvgIpc) is 2.73. The molecule has 7 nitrogen and oxygen atoms in total. The Morgan fingerprint density at radius 2 is 2.14 bits per heavy atom. The Labute approximate surface area is 167 Å². The molecule has 1 saturated heterocycles. The number of hydrogen-bond acceptors (Lipinski definition) is 6. The number of nitrogens with one attached hydrogen (secondary N) is 2. The number of benzene rings is 1.